The van der Waals surface area contributed by atoms with Crippen molar-refractivity contribution in [2.24, 2.45) is 0 Å². The molecule has 0 radical (unpaired) electrons. The quantitative estimate of drug-likeness (QED) is 0.798. The Morgan fingerprint density at radius 3 is 2.77 bits per heavy atom. The maximum absolute atomic E-state index is 13.8. The molecule has 1 aromatic carbocycles. The zero-order valence-electron chi connectivity index (χ0n) is 14.9. The van der Waals surface area contributed by atoms with Gasteiger partial charge in [0.2, 0.25) is 15.9 Å². The maximum atomic E-state index is 13.8. The van der Waals surface area contributed by atoms with E-state index in [1.165, 1.54) is 16.4 Å². The Morgan fingerprint density at radius 2 is 2.04 bits per heavy atom. The van der Waals surface area contributed by atoms with Crippen LogP contribution in [0, 0.1) is 19.7 Å². The van der Waals surface area contributed by atoms with E-state index in [4.69, 9.17) is 4.74 Å². The minimum Gasteiger partial charge on any atom is -0.473 e. The van der Waals surface area contributed by atoms with Crippen molar-refractivity contribution in [1.29, 1.82) is 0 Å². The molecule has 1 unspecified atom stereocenters. The number of aromatic nitrogens is 2. The van der Waals surface area contributed by atoms with E-state index in [-0.39, 0.29) is 24.0 Å². The first-order valence-corrected chi connectivity index (χ1v) is 10.1. The monoisotopic (exact) mass is 379 g/mol. The van der Waals surface area contributed by atoms with Crippen molar-refractivity contribution in [2.75, 3.05) is 13.1 Å². The van der Waals surface area contributed by atoms with Crippen LogP contribution in [0.25, 0.3) is 0 Å². The van der Waals surface area contributed by atoms with Gasteiger partial charge in [-0.3, -0.25) is 0 Å². The van der Waals surface area contributed by atoms with Gasteiger partial charge in [0.15, 0.2) is 0 Å². The van der Waals surface area contributed by atoms with Crippen LogP contribution in [0.3, 0.4) is 0 Å². The number of aryl methyl sites for hydroxylation is 2. The molecule has 1 aliphatic heterocycles. The van der Waals surface area contributed by atoms with Gasteiger partial charge in [0, 0.05) is 23.9 Å². The van der Waals surface area contributed by atoms with E-state index in [1.807, 2.05) is 6.92 Å². The Balaban J connectivity index is 1.70. The highest BCUT2D eigenvalue weighted by molar-refractivity contribution is 7.88. The molecule has 3 rings (SSSR count). The van der Waals surface area contributed by atoms with Gasteiger partial charge in [0.25, 0.3) is 0 Å². The molecule has 0 saturated carbocycles. The molecule has 1 atom stereocenters. The van der Waals surface area contributed by atoms with E-state index in [0.717, 1.165) is 12.1 Å². The summed E-state index contributed by atoms with van der Waals surface area (Å²) in [5.74, 6) is 0.207. The molecule has 26 heavy (non-hydrogen) atoms. The summed E-state index contributed by atoms with van der Waals surface area (Å²) in [5, 5.41) is 0. The number of nitrogens with zero attached hydrogens (tertiary/aromatic N) is 3. The smallest absolute Gasteiger partial charge is 0.218 e. The van der Waals surface area contributed by atoms with Gasteiger partial charge in [0.05, 0.1) is 12.3 Å². The van der Waals surface area contributed by atoms with Crippen molar-refractivity contribution in [2.45, 2.75) is 38.5 Å². The molecule has 2 aromatic rings. The van der Waals surface area contributed by atoms with Crippen LogP contribution in [0.1, 0.15) is 29.9 Å². The number of ether oxygens (including phenoxy) is 1. The molecule has 0 N–H and O–H groups in total. The third-order valence-corrected chi connectivity index (χ3v) is 6.05. The van der Waals surface area contributed by atoms with Crippen molar-refractivity contribution >= 4 is 10.0 Å². The maximum Gasteiger partial charge on any atom is 0.218 e. The van der Waals surface area contributed by atoms with Crippen molar-refractivity contribution < 1.29 is 17.5 Å². The van der Waals surface area contributed by atoms with Crippen LogP contribution in [0.5, 0.6) is 5.88 Å². The first-order valence-electron chi connectivity index (χ1n) is 8.54. The van der Waals surface area contributed by atoms with Crippen LogP contribution in [0.4, 0.5) is 4.39 Å². The van der Waals surface area contributed by atoms with Crippen molar-refractivity contribution in [3.63, 3.8) is 0 Å². The van der Waals surface area contributed by atoms with Gasteiger partial charge >= 0.3 is 0 Å². The Hall–Kier alpha value is -2.06. The number of sulfonamides is 1. The number of piperidine rings is 1. The highest BCUT2D eigenvalue weighted by Gasteiger charge is 2.30. The second-order valence-electron chi connectivity index (χ2n) is 6.48. The van der Waals surface area contributed by atoms with Crippen molar-refractivity contribution in [3.05, 3.63) is 53.2 Å². The first kappa shape index (κ1) is 18.7. The summed E-state index contributed by atoms with van der Waals surface area (Å²) in [5.41, 5.74) is 0.977. The molecule has 140 valence electrons. The summed E-state index contributed by atoms with van der Waals surface area (Å²) in [4.78, 5) is 8.45. The average molecular weight is 379 g/mol. The van der Waals surface area contributed by atoms with E-state index in [2.05, 4.69) is 9.97 Å². The predicted octanol–water partition coefficient (Wildman–Crippen LogP) is 2.61. The average Bonchev–Trinajstić information content (AvgIpc) is 2.56. The van der Waals surface area contributed by atoms with Gasteiger partial charge < -0.3 is 4.74 Å². The summed E-state index contributed by atoms with van der Waals surface area (Å²) in [6.45, 7) is 4.29. The zero-order valence-corrected chi connectivity index (χ0v) is 15.7. The summed E-state index contributed by atoms with van der Waals surface area (Å²) >= 11 is 0. The molecule has 8 heteroatoms. The fourth-order valence-corrected chi connectivity index (χ4v) is 4.68. The van der Waals surface area contributed by atoms with Gasteiger partial charge in [-0.15, -0.1) is 0 Å². The molecule has 0 bridgehead atoms. The first-order chi connectivity index (χ1) is 12.3. The topological polar surface area (TPSA) is 72.4 Å². The van der Waals surface area contributed by atoms with Gasteiger partial charge in [-0.25, -0.2) is 17.8 Å². The van der Waals surface area contributed by atoms with Crippen molar-refractivity contribution in [3.8, 4) is 5.88 Å². The summed E-state index contributed by atoms with van der Waals surface area (Å²) in [6.07, 6.45) is 1.14. The molecule has 1 saturated heterocycles. The molecule has 2 heterocycles. The Kier molecular flexibility index (Phi) is 5.52. The Bertz CT molecular complexity index is 869. The highest BCUT2D eigenvalue weighted by Crippen LogP contribution is 2.22. The van der Waals surface area contributed by atoms with Crippen LogP contribution < -0.4 is 4.74 Å². The molecule has 1 aromatic heterocycles. The molecule has 1 aliphatic rings. The Morgan fingerprint density at radius 1 is 1.27 bits per heavy atom. The molecule has 0 aliphatic carbocycles. The molecule has 0 spiro atoms. The lowest BCUT2D eigenvalue weighted by Crippen LogP contribution is -2.44. The number of hydrogen-bond donors (Lipinski definition) is 0. The third kappa shape index (κ3) is 4.56. The summed E-state index contributed by atoms with van der Waals surface area (Å²) in [6, 6.07) is 7.68. The van der Waals surface area contributed by atoms with E-state index in [0.29, 0.717) is 24.7 Å². The highest BCUT2D eigenvalue weighted by atomic mass is 32.2. The van der Waals surface area contributed by atoms with Crippen molar-refractivity contribution in [1.82, 2.24) is 14.3 Å². The number of rotatable bonds is 5. The number of hydrogen-bond acceptors (Lipinski definition) is 5. The number of halogens is 1. The summed E-state index contributed by atoms with van der Waals surface area (Å²) < 4.78 is 46.5. The van der Waals surface area contributed by atoms with E-state index in [1.54, 1.807) is 25.1 Å². The largest absolute Gasteiger partial charge is 0.473 e. The standard InChI is InChI=1S/C18H22FN3O3S/c1-13-10-18(21-14(2)20-13)25-16-7-5-9-22(11-16)26(23,24)12-15-6-3-4-8-17(15)19/h3-4,6,8,10,16H,5,7,9,11-12H2,1-2H3. The third-order valence-electron chi connectivity index (χ3n) is 4.26. The zero-order chi connectivity index (χ0) is 18.7. The normalized spacial score (nSPS) is 18.7. The van der Waals surface area contributed by atoms with Crippen LogP contribution >= 0.6 is 0 Å². The van der Waals surface area contributed by atoms with E-state index in [9.17, 15) is 12.8 Å². The van der Waals surface area contributed by atoms with E-state index < -0.39 is 15.8 Å². The van der Waals surface area contributed by atoms with Crippen LogP contribution in [0.15, 0.2) is 30.3 Å². The van der Waals surface area contributed by atoms with Crippen LogP contribution in [0.2, 0.25) is 0 Å². The van der Waals surface area contributed by atoms with Crippen LogP contribution in [-0.2, 0) is 15.8 Å². The minimum atomic E-state index is -3.62. The van der Waals surface area contributed by atoms with Crippen LogP contribution in [-0.4, -0.2) is 41.9 Å². The second kappa shape index (κ2) is 7.67. The Labute approximate surface area is 153 Å². The SMILES string of the molecule is Cc1cc(OC2CCCN(S(=O)(=O)Cc3ccccc3F)C2)nc(C)n1. The minimum absolute atomic E-state index is 0.178. The lowest BCUT2D eigenvalue weighted by atomic mass is 10.1. The van der Waals surface area contributed by atoms with Gasteiger partial charge in [-0.1, -0.05) is 18.2 Å². The fourth-order valence-electron chi connectivity index (χ4n) is 3.07. The summed E-state index contributed by atoms with van der Waals surface area (Å²) in [7, 11) is -3.62. The van der Waals surface area contributed by atoms with Gasteiger partial charge in [0.1, 0.15) is 17.7 Å². The van der Waals surface area contributed by atoms with E-state index >= 15 is 0 Å². The van der Waals surface area contributed by atoms with Gasteiger partial charge in [-0.05, 0) is 32.8 Å². The molecular weight excluding hydrogens is 357 g/mol. The molecule has 0 amide bonds. The molecular formula is C18H22FN3O3S. The fraction of sp³-hybridized carbons (Fsp3) is 0.444. The molecule has 6 nitrogen and oxygen atoms in total. The number of benzene rings is 1. The second-order valence-corrected chi connectivity index (χ2v) is 8.45. The van der Waals surface area contributed by atoms with Gasteiger partial charge in [-0.2, -0.15) is 9.29 Å². The predicted molar refractivity (Wildman–Crippen MR) is 95.8 cm³/mol. The lowest BCUT2D eigenvalue weighted by Gasteiger charge is -2.32. The molecule has 1 fully saturated rings. The lowest BCUT2D eigenvalue weighted by molar-refractivity contribution is 0.124.